The van der Waals surface area contributed by atoms with Gasteiger partial charge in [0.1, 0.15) is 0 Å². The summed E-state index contributed by atoms with van der Waals surface area (Å²) in [5.41, 5.74) is 4.75. The second-order valence-electron chi connectivity index (χ2n) is 7.27. The summed E-state index contributed by atoms with van der Waals surface area (Å²) in [5.74, 6) is 0.378. The highest BCUT2D eigenvalue weighted by molar-refractivity contribution is 5.80. The van der Waals surface area contributed by atoms with Crippen LogP contribution in [0.1, 0.15) is 42.5 Å². The molecule has 0 saturated carbocycles. The van der Waals surface area contributed by atoms with Crippen LogP contribution in [0.3, 0.4) is 0 Å². The molecule has 1 fully saturated rings. The van der Waals surface area contributed by atoms with E-state index >= 15 is 0 Å². The van der Waals surface area contributed by atoms with Gasteiger partial charge in [0.2, 0.25) is 11.8 Å². The van der Waals surface area contributed by atoms with Gasteiger partial charge in [0.25, 0.3) is 0 Å². The molecule has 1 aromatic carbocycles. The molecule has 132 valence electrons. The van der Waals surface area contributed by atoms with E-state index in [2.05, 4.69) is 32.9 Å². The maximum atomic E-state index is 12.7. The molecule has 1 aliphatic heterocycles. The molecule has 0 bridgehead atoms. The fourth-order valence-electron chi connectivity index (χ4n) is 3.50. The van der Waals surface area contributed by atoms with Crippen LogP contribution >= 0.6 is 0 Å². The minimum Gasteiger partial charge on any atom is -0.341 e. The molecule has 2 amide bonds. The third-order valence-corrected chi connectivity index (χ3v) is 4.82. The van der Waals surface area contributed by atoms with Crippen molar-refractivity contribution < 1.29 is 9.59 Å². The lowest BCUT2D eigenvalue weighted by Gasteiger charge is -2.24. The summed E-state index contributed by atoms with van der Waals surface area (Å²) < 4.78 is 0. The molecule has 0 N–H and O–H groups in total. The molecule has 0 unspecified atom stereocenters. The van der Waals surface area contributed by atoms with Crippen LogP contribution in [0.5, 0.6) is 0 Å². The van der Waals surface area contributed by atoms with Gasteiger partial charge in [0.15, 0.2) is 0 Å². The summed E-state index contributed by atoms with van der Waals surface area (Å²) in [7, 11) is 0. The van der Waals surface area contributed by atoms with Gasteiger partial charge in [-0.1, -0.05) is 31.5 Å². The van der Waals surface area contributed by atoms with Gasteiger partial charge in [-0.15, -0.1) is 0 Å². The van der Waals surface area contributed by atoms with Crippen LogP contribution in [0.2, 0.25) is 0 Å². The van der Waals surface area contributed by atoms with E-state index in [0.717, 1.165) is 25.1 Å². The van der Waals surface area contributed by atoms with Crippen molar-refractivity contribution in [2.45, 2.75) is 47.5 Å². The number of benzene rings is 1. The first kappa shape index (κ1) is 18.5. The Morgan fingerprint density at radius 1 is 0.958 bits per heavy atom. The van der Waals surface area contributed by atoms with Crippen molar-refractivity contribution in [3.05, 3.63) is 34.4 Å². The van der Waals surface area contributed by atoms with Crippen LogP contribution in [-0.2, 0) is 16.0 Å². The van der Waals surface area contributed by atoms with Crippen LogP contribution < -0.4 is 0 Å². The fourth-order valence-corrected chi connectivity index (χ4v) is 3.50. The molecular formula is C20H30N2O2. The zero-order valence-electron chi connectivity index (χ0n) is 15.7. The standard InChI is InChI=1S/C20H30N2O2/c1-14(2)20(24)22-8-6-7-21(9-10-22)19(23)13-18-16(4)11-15(3)12-17(18)5/h11-12,14H,6-10,13H2,1-5H3. The third kappa shape index (κ3) is 4.37. The Morgan fingerprint density at radius 3 is 2.08 bits per heavy atom. The van der Waals surface area contributed by atoms with Crippen LogP contribution in [0, 0.1) is 26.7 Å². The lowest BCUT2D eigenvalue weighted by atomic mass is 9.97. The predicted octanol–water partition coefficient (Wildman–Crippen LogP) is 2.87. The molecule has 4 nitrogen and oxygen atoms in total. The molecule has 0 radical (unpaired) electrons. The van der Waals surface area contributed by atoms with Gasteiger partial charge in [-0.2, -0.15) is 0 Å². The smallest absolute Gasteiger partial charge is 0.227 e. The van der Waals surface area contributed by atoms with E-state index in [0.29, 0.717) is 19.5 Å². The van der Waals surface area contributed by atoms with E-state index in [1.807, 2.05) is 23.6 Å². The van der Waals surface area contributed by atoms with Gasteiger partial charge in [-0.05, 0) is 43.9 Å². The van der Waals surface area contributed by atoms with Crippen molar-refractivity contribution >= 4 is 11.8 Å². The molecule has 1 aliphatic rings. The van der Waals surface area contributed by atoms with Gasteiger partial charge in [-0.25, -0.2) is 0 Å². The average Bonchev–Trinajstić information content (AvgIpc) is 2.75. The number of hydrogen-bond donors (Lipinski definition) is 0. The van der Waals surface area contributed by atoms with Crippen LogP contribution in [0.4, 0.5) is 0 Å². The Bertz CT molecular complexity index is 599. The Hall–Kier alpha value is -1.84. The summed E-state index contributed by atoms with van der Waals surface area (Å²) in [6, 6.07) is 4.28. The number of aryl methyl sites for hydroxylation is 3. The number of rotatable bonds is 3. The normalized spacial score (nSPS) is 15.6. The largest absolute Gasteiger partial charge is 0.341 e. The second kappa shape index (κ2) is 7.82. The number of carbonyl (C=O) groups is 2. The van der Waals surface area contributed by atoms with E-state index in [1.54, 1.807) is 0 Å². The SMILES string of the molecule is Cc1cc(C)c(CC(=O)N2CCCN(C(=O)C(C)C)CC2)c(C)c1. The predicted molar refractivity (Wildman–Crippen MR) is 97.0 cm³/mol. The molecular weight excluding hydrogens is 300 g/mol. The van der Waals surface area contributed by atoms with Crippen molar-refractivity contribution in [3.63, 3.8) is 0 Å². The second-order valence-corrected chi connectivity index (χ2v) is 7.27. The van der Waals surface area contributed by atoms with E-state index in [4.69, 9.17) is 0 Å². The van der Waals surface area contributed by atoms with Crippen molar-refractivity contribution in [3.8, 4) is 0 Å². The highest BCUT2D eigenvalue weighted by atomic mass is 16.2. The lowest BCUT2D eigenvalue weighted by molar-refractivity contribution is -0.135. The molecule has 0 spiro atoms. The first-order chi connectivity index (χ1) is 11.3. The minimum absolute atomic E-state index is 0.0186. The van der Waals surface area contributed by atoms with Crippen molar-refractivity contribution in [2.75, 3.05) is 26.2 Å². The fraction of sp³-hybridized carbons (Fsp3) is 0.600. The molecule has 4 heteroatoms. The van der Waals surface area contributed by atoms with Gasteiger partial charge < -0.3 is 9.80 Å². The Morgan fingerprint density at radius 2 is 1.50 bits per heavy atom. The first-order valence-electron chi connectivity index (χ1n) is 8.93. The first-order valence-corrected chi connectivity index (χ1v) is 8.93. The molecule has 0 atom stereocenters. The van der Waals surface area contributed by atoms with E-state index in [9.17, 15) is 9.59 Å². The highest BCUT2D eigenvalue weighted by Crippen LogP contribution is 2.18. The maximum Gasteiger partial charge on any atom is 0.227 e. The number of amides is 2. The quantitative estimate of drug-likeness (QED) is 0.855. The Labute approximate surface area is 145 Å². The van der Waals surface area contributed by atoms with Crippen molar-refractivity contribution in [2.24, 2.45) is 5.92 Å². The maximum absolute atomic E-state index is 12.7. The summed E-state index contributed by atoms with van der Waals surface area (Å²) in [5, 5.41) is 0. The zero-order chi connectivity index (χ0) is 17.9. The van der Waals surface area contributed by atoms with Gasteiger partial charge in [0.05, 0.1) is 6.42 Å². The molecule has 24 heavy (non-hydrogen) atoms. The van der Waals surface area contributed by atoms with Crippen LogP contribution in [0.15, 0.2) is 12.1 Å². The highest BCUT2D eigenvalue weighted by Gasteiger charge is 2.23. The van der Waals surface area contributed by atoms with Gasteiger partial charge >= 0.3 is 0 Å². The monoisotopic (exact) mass is 330 g/mol. The Balaban J connectivity index is 2.02. The molecule has 1 saturated heterocycles. The molecule has 0 aromatic heterocycles. The minimum atomic E-state index is 0.0186. The van der Waals surface area contributed by atoms with Crippen LogP contribution in [0.25, 0.3) is 0 Å². The van der Waals surface area contributed by atoms with E-state index in [1.165, 1.54) is 16.7 Å². The van der Waals surface area contributed by atoms with E-state index < -0.39 is 0 Å². The lowest BCUT2D eigenvalue weighted by Crippen LogP contribution is -2.39. The zero-order valence-corrected chi connectivity index (χ0v) is 15.7. The Kier molecular flexibility index (Phi) is 6.03. The number of nitrogens with zero attached hydrogens (tertiary/aromatic N) is 2. The summed E-state index contributed by atoms with van der Waals surface area (Å²) in [4.78, 5) is 28.7. The number of hydrogen-bond acceptors (Lipinski definition) is 2. The summed E-state index contributed by atoms with van der Waals surface area (Å²) >= 11 is 0. The third-order valence-electron chi connectivity index (χ3n) is 4.82. The van der Waals surface area contributed by atoms with Crippen molar-refractivity contribution in [1.82, 2.24) is 9.80 Å². The topological polar surface area (TPSA) is 40.6 Å². The van der Waals surface area contributed by atoms with Crippen LogP contribution in [-0.4, -0.2) is 47.8 Å². The summed E-state index contributed by atoms with van der Waals surface area (Å²) in [6.45, 7) is 12.9. The van der Waals surface area contributed by atoms with Crippen molar-refractivity contribution in [1.29, 1.82) is 0 Å². The summed E-state index contributed by atoms with van der Waals surface area (Å²) in [6.07, 6.45) is 1.31. The molecule has 1 aromatic rings. The average molecular weight is 330 g/mol. The van der Waals surface area contributed by atoms with E-state index in [-0.39, 0.29) is 17.7 Å². The molecule has 1 heterocycles. The number of carbonyl (C=O) groups excluding carboxylic acids is 2. The molecule has 2 rings (SSSR count). The van der Waals surface area contributed by atoms with Gasteiger partial charge in [-0.3, -0.25) is 9.59 Å². The van der Waals surface area contributed by atoms with Gasteiger partial charge in [0, 0.05) is 32.1 Å². The molecule has 0 aliphatic carbocycles.